The summed E-state index contributed by atoms with van der Waals surface area (Å²) in [6, 6.07) is 12.9. The number of H-pyrrole nitrogens is 1. The lowest BCUT2D eigenvalue weighted by Gasteiger charge is -2.08. The summed E-state index contributed by atoms with van der Waals surface area (Å²) in [5.41, 5.74) is 14.7. The highest BCUT2D eigenvalue weighted by Gasteiger charge is 2.15. The van der Waals surface area contributed by atoms with E-state index < -0.39 is 11.5 Å². The number of nitrogens with zero attached hydrogens (tertiary/aromatic N) is 3. The number of nitrogens with two attached hydrogens (primary N) is 2. The molecule has 4 rings (SSSR count). The molecule has 9 nitrogen and oxygen atoms in total. The Bertz CT molecular complexity index is 1500. The van der Waals surface area contributed by atoms with Crippen LogP contribution in [0.1, 0.15) is 37.3 Å². The van der Waals surface area contributed by atoms with Crippen LogP contribution in [0.25, 0.3) is 28.0 Å². The largest absolute Gasteiger partial charge is 0.400 e. The van der Waals surface area contributed by atoms with Gasteiger partial charge in [-0.2, -0.15) is 4.98 Å². The highest BCUT2D eigenvalue weighted by Crippen LogP contribution is 2.31. The highest BCUT2D eigenvalue weighted by atomic mass is 35.5. The Labute approximate surface area is 251 Å². The van der Waals surface area contributed by atoms with E-state index in [4.69, 9.17) is 28.2 Å². The molecule has 226 valence electrons. The predicted octanol–water partition coefficient (Wildman–Crippen LogP) is 4.72. The van der Waals surface area contributed by atoms with Gasteiger partial charge >= 0.3 is 5.69 Å². The molecule has 7 N–H and O–H groups in total. The number of unbranched alkanes of at least 4 members (excludes halogenated alkanes) is 1. The molecule has 0 unspecified atom stereocenters. The molecule has 0 radical (unpaired) electrons. The maximum absolute atomic E-state index is 15.0. The standard InChI is InChI=1S/C28H33ClFN7O.C2H4.CH4O/c1-18(32)34-12-4-11-33-16-19-6-8-22(9-7-19)37-17-21-15-25(35-27(21)36-28(37)38)23-13-20(5-2-3-10-31)14-24(29)26(23)30;2*1-2/h6-9,13-15,17,33H,2-5,10-12,16,31H2,1H3,(H2,32,34)(H,35,36,38);1-2H2;2H,1H3. The number of aromatic nitrogens is 3. The number of aromatic amines is 1. The van der Waals surface area contributed by atoms with Crippen molar-refractivity contribution in [2.45, 2.75) is 39.2 Å². The van der Waals surface area contributed by atoms with Crippen LogP contribution in [-0.2, 0) is 13.0 Å². The number of fused-ring (bicyclic) bond motifs is 1. The normalized spacial score (nSPS) is 11.0. The van der Waals surface area contributed by atoms with Gasteiger partial charge in [-0.3, -0.25) is 9.56 Å². The number of aryl methyl sites for hydroxylation is 1. The zero-order valence-electron chi connectivity index (χ0n) is 24.3. The van der Waals surface area contributed by atoms with E-state index in [2.05, 4.69) is 33.4 Å². The number of benzene rings is 2. The van der Waals surface area contributed by atoms with E-state index in [1.54, 1.807) is 31.3 Å². The molecular formula is C31H41ClFN7O2. The van der Waals surface area contributed by atoms with Gasteiger partial charge < -0.3 is 26.9 Å². The van der Waals surface area contributed by atoms with Gasteiger partial charge in [0.15, 0.2) is 5.82 Å². The number of nitrogens with one attached hydrogen (secondary N) is 2. The summed E-state index contributed by atoms with van der Waals surface area (Å²) in [6.45, 7) is 10.6. The fourth-order valence-corrected chi connectivity index (χ4v) is 4.49. The Morgan fingerprint density at radius 3 is 2.52 bits per heavy atom. The molecule has 0 saturated carbocycles. The third-order valence-corrected chi connectivity index (χ3v) is 6.50. The molecule has 0 amide bonds. The van der Waals surface area contributed by atoms with Crippen molar-refractivity contribution < 1.29 is 9.50 Å². The van der Waals surface area contributed by atoms with Gasteiger partial charge in [-0.1, -0.05) is 23.7 Å². The van der Waals surface area contributed by atoms with Crippen molar-refractivity contribution in [1.82, 2.24) is 19.9 Å². The van der Waals surface area contributed by atoms with Gasteiger partial charge in [-0.05, 0) is 87.2 Å². The molecule has 0 spiro atoms. The average molecular weight is 598 g/mol. The Kier molecular flexibility index (Phi) is 14.6. The topological polar surface area (TPSA) is 147 Å². The molecule has 0 aliphatic carbocycles. The number of hydrogen-bond donors (Lipinski definition) is 5. The number of rotatable bonds is 12. The Balaban J connectivity index is 0.00000148. The number of aliphatic hydroxyl groups is 1. The Morgan fingerprint density at radius 1 is 1.14 bits per heavy atom. The second-order valence-electron chi connectivity index (χ2n) is 9.29. The van der Waals surface area contributed by atoms with E-state index in [1.807, 2.05) is 24.3 Å². The average Bonchev–Trinajstić information content (AvgIpc) is 3.41. The molecule has 2 aromatic heterocycles. The van der Waals surface area contributed by atoms with Gasteiger partial charge in [-0.15, -0.1) is 13.2 Å². The quantitative estimate of drug-likeness (QED) is 0.0691. The molecule has 2 aromatic carbocycles. The fraction of sp³-hybridized carbons (Fsp3) is 0.323. The van der Waals surface area contributed by atoms with Gasteiger partial charge in [-0.25, -0.2) is 9.18 Å². The number of aliphatic imine (C=N–C) groups is 1. The summed E-state index contributed by atoms with van der Waals surface area (Å²) in [6.07, 6.45) is 5.14. The van der Waals surface area contributed by atoms with Crippen LogP contribution in [0.5, 0.6) is 0 Å². The van der Waals surface area contributed by atoms with E-state index in [-0.39, 0.29) is 5.02 Å². The van der Waals surface area contributed by atoms with Crippen LogP contribution >= 0.6 is 11.6 Å². The van der Waals surface area contributed by atoms with Crippen molar-refractivity contribution in [3.8, 4) is 16.9 Å². The summed E-state index contributed by atoms with van der Waals surface area (Å²) in [5, 5.41) is 11.1. The minimum absolute atomic E-state index is 0.0604. The molecular weight excluding hydrogens is 557 g/mol. The first-order chi connectivity index (χ1) is 20.4. The zero-order chi connectivity index (χ0) is 31.1. The summed E-state index contributed by atoms with van der Waals surface area (Å²) in [7, 11) is 1.00. The lowest BCUT2D eigenvalue weighted by atomic mass is 10.0. The molecule has 0 atom stereocenters. The predicted molar refractivity (Wildman–Crippen MR) is 172 cm³/mol. The molecule has 11 heteroatoms. The molecule has 42 heavy (non-hydrogen) atoms. The highest BCUT2D eigenvalue weighted by molar-refractivity contribution is 6.31. The second kappa shape index (κ2) is 17.9. The van der Waals surface area contributed by atoms with Gasteiger partial charge in [0, 0.05) is 37.3 Å². The molecule has 0 aliphatic heterocycles. The summed E-state index contributed by atoms with van der Waals surface area (Å²) < 4.78 is 16.4. The van der Waals surface area contributed by atoms with Crippen molar-refractivity contribution in [3.05, 3.63) is 94.3 Å². The van der Waals surface area contributed by atoms with E-state index in [0.29, 0.717) is 53.4 Å². The smallest absolute Gasteiger partial charge is 0.354 e. The minimum atomic E-state index is -0.512. The minimum Gasteiger partial charge on any atom is -0.400 e. The van der Waals surface area contributed by atoms with Crippen LogP contribution in [0.3, 0.4) is 0 Å². The van der Waals surface area contributed by atoms with Crippen LogP contribution in [0.2, 0.25) is 5.02 Å². The maximum Gasteiger partial charge on any atom is 0.354 e. The maximum atomic E-state index is 15.0. The van der Waals surface area contributed by atoms with E-state index in [1.165, 1.54) is 4.57 Å². The Hall–Kier alpha value is -3.83. The molecule has 4 aromatic rings. The van der Waals surface area contributed by atoms with Crippen LogP contribution < -0.4 is 22.5 Å². The number of amidine groups is 1. The Morgan fingerprint density at radius 2 is 1.86 bits per heavy atom. The monoisotopic (exact) mass is 597 g/mol. The van der Waals surface area contributed by atoms with Crippen LogP contribution in [0, 0.1) is 5.82 Å². The fourth-order valence-electron chi connectivity index (χ4n) is 4.25. The third-order valence-electron chi connectivity index (χ3n) is 6.22. The summed E-state index contributed by atoms with van der Waals surface area (Å²) in [5.74, 6) is 0.0848. The molecule has 2 heterocycles. The molecule has 0 fully saturated rings. The van der Waals surface area contributed by atoms with Gasteiger partial charge in [0.25, 0.3) is 0 Å². The van der Waals surface area contributed by atoms with Crippen LogP contribution in [-0.4, -0.2) is 52.2 Å². The summed E-state index contributed by atoms with van der Waals surface area (Å²) >= 11 is 6.19. The first kappa shape index (κ1) is 34.4. The van der Waals surface area contributed by atoms with Gasteiger partial charge in [0.2, 0.25) is 0 Å². The summed E-state index contributed by atoms with van der Waals surface area (Å²) in [4.78, 5) is 24.3. The molecule has 0 bridgehead atoms. The third kappa shape index (κ3) is 9.63. The SMILES string of the molecule is C=C.CC(N)=NCCCNCc1ccc(-n2cc3cc(-c4cc(CCCCN)cc(Cl)c4F)[nH]c3nc2=O)cc1.CO. The van der Waals surface area contributed by atoms with Crippen LogP contribution in [0.15, 0.2) is 71.6 Å². The number of hydrogen-bond acceptors (Lipinski definition) is 6. The van der Waals surface area contributed by atoms with E-state index in [0.717, 1.165) is 50.5 Å². The van der Waals surface area contributed by atoms with Crippen molar-refractivity contribution in [2.75, 3.05) is 26.7 Å². The van der Waals surface area contributed by atoms with Crippen molar-refractivity contribution in [2.24, 2.45) is 16.5 Å². The van der Waals surface area contributed by atoms with Crippen molar-refractivity contribution >= 4 is 28.5 Å². The van der Waals surface area contributed by atoms with Crippen molar-refractivity contribution in [1.29, 1.82) is 0 Å². The van der Waals surface area contributed by atoms with E-state index in [9.17, 15) is 9.18 Å². The van der Waals surface area contributed by atoms with Crippen LogP contribution in [0.4, 0.5) is 4.39 Å². The lowest BCUT2D eigenvalue weighted by molar-refractivity contribution is 0.399. The number of aliphatic hydroxyl groups excluding tert-OH is 1. The van der Waals surface area contributed by atoms with Gasteiger partial charge in [0.1, 0.15) is 5.65 Å². The molecule has 0 aliphatic rings. The zero-order valence-corrected chi connectivity index (χ0v) is 25.1. The van der Waals surface area contributed by atoms with Crippen molar-refractivity contribution in [3.63, 3.8) is 0 Å². The van der Waals surface area contributed by atoms with Gasteiger partial charge in [0.05, 0.1) is 22.2 Å². The molecule has 0 saturated heterocycles. The number of halogens is 2. The second-order valence-corrected chi connectivity index (χ2v) is 9.69. The lowest BCUT2D eigenvalue weighted by Crippen LogP contribution is -2.20. The first-order valence-corrected chi connectivity index (χ1v) is 14.1. The first-order valence-electron chi connectivity index (χ1n) is 13.7. The van der Waals surface area contributed by atoms with E-state index >= 15 is 0 Å².